The molecule has 98 valence electrons. The molecule has 0 N–H and O–H groups in total. The topological polar surface area (TPSA) is 35.0 Å². The summed E-state index contributed by atoms with van der Waals surface area (Å²) in [5.74, 6) is 0.561. The van der Waals surface area contributed by atoms with Gasteiger partial charge in [0.05, 0.1) is 0 Å². The summed E-state index contributed by atoms with van der Waals surface area (Å²) >= 11 is 8.06. The monoisotopic (exact) mass is 386 g/mol. The van der Waals surface area contributed by atoms with Gasteiger partial charge in [-0.3, -0.25) is 0 Å². The van der Waals surface area contributed by atoms with Gasteiger partial charge in [0, 0.05) is 21.0 Å². The maximum atomic E-state index is 5.88. The average molecular weight is 387 g/mol. The number of hydrogen-bond acceptors (Lipinski definition) is 3. The summed E-state index contributed by atoms with van der Waals surface area (Å²) in [4.78, 5) is 8.30. The van der Waals surface area contributed by atoms with Crippen LogP contribution in [0.25, 0.3) is 0 Å². The Morgan fingerprint density at radius 2 is 1.74 bits per heavy atom. The molecule has 0 bridgehead atoms. The normalized spacial score (nSPS) is 21.8. The zero-order valence-corrected chi connectivity index (χ0v) is 13.0. The Morgan fingerprint density at radius 3 is 2.37 bits per heavy atom. The van der Waals surface area contributed by atoms with Gasteiger partial charge < -0.3 is 4.74 Å². The number of ether oxygens (including phenoxy) is 1. The minimum Gasteiger partial charge on any atom is -0.460 e. The lowest BCUT2D eigenvalue weighted by molar-refractivity contribution is 0.0881. The Hall–Kier alpha value is -0.880. The molecule has 1 heterocycles. The molecule has 1 aliphatic rings. The zero-order chi connectivity index (χ0) is 13.2. The predicted molar refractivity (Wildman–Crippen MR) is 82.6 cm³/mol. The summed E-state index contributed by atoms with van der Waals surface area (Å²) < 4.78 is 6.74. The van der Waals surface area contributed by atoms with Gasteiger partial charge in [-0.05, 0) is 59.0 Å². The van der Waals surface area contributed by atoms with Crippen molar-refractivity contribution in [1.82, 2.24) is 9.97 Å². The maximum Gasteiger partial charge on any atom is 0.316 e. The van der Waals surface area contributed by atoms with Crippen LogP contribution in [-0.4, -0.2) is 16.1 Å². The molecular weight excluding hydrogens is 375 g/mol. The van der Waals surface area contributed by atoms with Crippen molar-refractivity contribution in [2.24, 2.45) is 0 Å². The quantitative estimate of drug-likeness (QED) is 0.746. The number of nitrogens with zero attached hydrogens (tertiary/aromatic N) is 2. The molecule has 3 rings (SSSR count). The fourth-order valence-corrected chi connectivity index (χ4v) is 2.58. The number of rotatable bonds is 3. The third-order valence-corrected chi connectivity index (χ3v) is 4.11. The number of hydrogen-bond donors (Lipinski definition) is 0. The van der Waals surface area contributed by atoms with E-state index < -0.39 is 0 Å². The number of halogens is 2. The van der Waals surface area contributed by atoms with Crippen molar-refractivity contribution in [3.05, 3.63) is 50.8 Å². The lowest BCUT2D eigenvalue weighted by Crippen LogP contribution is -2.32. The van der Waals surface area contributed by atoms with E-state index >= 15 is 0 Å². The Morgan fingerprint density at radius 1 is 1.11 bits per heavy atom. The highest BCUT2D eigenvalue weighted by molar-refractivity contribution is 14.1. The molecular formula is C14H12ClIN2O. The van der Waals surface area contributed by atoms with Gasteiger partial charge in [-0.15, -0.1) is 0 Å². The highest BCUT2D eigenvalue weighted by Crippen LogP contribution is 2.38. The van der Waals surface area contributed by atoms with Crippen LogP contribution in [0.1, 0.15) is 24.3 Å². The van der Waals surface area contributed by atoms with Crippen molar-refractivity contribution in [3.8, 4) is 6.01 Å². The Balaban J connectivity index is 1.55. The van der Waals surface area contributed by atoms with Gasteiger partial charge in [-0.25, -0.2) is 9.97 Å². The first-order chi connectivity index (χ1) is 9.20. The molecule has 1 saturated carbocycles. The second-order valence-corrected chi connectivity index (χ2v) is 6.33. The van der Waals surface area contributed by atoms with E-state index in [0.717, 1.165) is 21.4 Å². The molecule has 2 aromatic rings. The van der Waals surface area contributed by atoms with E-state index in [4.69, 9.17) is 16.3 Å². The van der Waals surface area contributed by atoms with Crippen molar-refractivity contribution in [2.45, 2.75) is 24.9 Å². The maximum absolute atomic E-state index is 5.88. The molecule has 1 aromatic heterocycles. The first kappa shape index (κ1) is 13.1. The van der Waals surface area contributed by atoms with Crippen LogP contribution in [0.5, 0.6) is 6.01 Å². The van der Waals surface area contributed by atoms with Gasteiger partial charge >= 0.3 is 6.01 Å². The Bertz CT molecular complexity index is 553. The summed E-state index contributed by atoms with van der Waals surface area (Å²) in [6, 6.07) is 8.52. The van der Waals surface area contributed by atoms with E-state index in [1.165, 1.54) is 5.56 Å². The van der Waals surface area contributed by atoms with E-state index in [2.05, 4.69) is 44.7 Å². The third kappa shape index (κ3) is 3.17. The summed E-state index contributed by atoms with van der Waals surface area (Å²) in [7, 11) is 0. The van der Waals surface area contributed by atoms with E-state index in [1.807, 2.05) is 12.1 Å². The van der Waals surface area contributed by atoms with Crippen molar-refractivity contribution >= 4 is 34.2 Å². The second-order valence-electron chi connectivity index (χ2n) is 4.64. The van der Waals surface area contributed by atoms with E-state index in [1.54, 1.807) is 12.4 Å². The predicted octanol–water partition coefficient (Wildman–Crippen LogP) is 4.06. The standard InChI is InChI=1S/C14H12ClIN2O/c15-11-3-1-9(2-4-11)10-5-13(6-10)19-14-17-7-12(16)8-18-14/h1-4,7-8,10,13H,5-6H2. The minimum atomic E-state index is 0.223. The Kier molecular flexibility index (Phi) is 3.88. The first-order valence-corrected chi connectivity index (χ1v) is 7.56. The molecule has 1 aliphatic carbocycles. The number of aromatic nitrogens is 2. The van der Waals surface area contributed by atoms with Crippen LogP contribution in [0.15, 0.2) is 36.7 Å². The van der Waals surface area contributed by atoms with E-state index in [0.29, 0.717) is 11.9 Å². The summed E-state index contributed by atoms with van der Waals surface area (Å²) in [5.41, 5.74) is 1.33. The molecule has 0 amide bonds. The first-order valence-electron chi connectivity index (χ1n) is 6.10. The molecule has 0 spiro atoms. The van der Waals surface area contributed by atoms with E-state index in [-0.39, 0.29) is 6.10 Å². The van der Waals surface area contributed by atoms with Gasteiger partial charge in [0.15, 0.2) is 0 Å². The van der Waals surface area contributed by atoms with Gasteiger partial charge in [0.25, 0.3) is 0 Å². The summed E-state index contributed by atoms with van der Waals surface area (Å²) in [6.45, 7) is 0. The van der Waals surface area contributed by atoms with Gasteiger partial charge in [-0.2, -0.15) is 0 Å². The number of benzene rings is 1. The van der Waals surface area contributed by atoms with Crippen LogP contribution < -0.4 is 4.74 Å². The molecule has 19 heavy (non-hydrogen) atoms. The van der Waals surface area contributed by atoms with Crippen LogP contribution in [0.4, 0.5) is 0 Å². The average Bonchev–Trinajstić information content (AvgIpc) is 2.37. The lowest BCUT2D eigenvalue weighted by Gasteiger charge is -2.34. The van der Waals surface area contributed by atoms with Crippen LogP contribution in [0.3, 0.4) is 0 Å². The van der Waals surface area contributed by atoms with Crippen LogP contribution in [0.2, 0.25) is 5.02 Å². The SMILES string of the molecule is Clc1ccc(C2CC(Oc3ncc(I)cn3)C2)cc1. The fraction of sp³-hybridized carbons (Fsp3) is 0.286. The molecule has 1 aromatic carbocycles. The van der Waals surface area contributed by atoms with Crippen molar-refractivity contribution in [3.63, 3.8) is 0 Å². The molecule has 0 radical (unpaired) electrons. The third-order valence-electron chi connectivity index (χ3n) is 3.30. The molecule has 0 atom stereocenters. The largest absolute Gasteiger partial charge is 0.460 e. The summed E-state index contributed by atoms with van der Waals surface area (Å²) in [5, 5.41) is 0.781. The van der Waals surface area contributed by atoms with Gasteiger partial charge in [0.1, 0.15) is 6.10 Å². The molecule has 5 heteroatoms. The highest BCUT2D eigenvalue weighted by atomic mass is 127. The van der Waals surface area contributed by atoms with Crippen LogP contribution >= 0.6 is 34.2 Å². The van der Waals surface area contributed by atoms with Crippen molar-refractivity contribution in [1.29, 1.82) is 0 Å². The molecule has 3 nitrogen and oxygen atoms in total. The van der Waals surface area contributed by atoms with Crippen molar-refractivity contribution < 1.29 is 4.74 Å². The van der Waals surface area contributed by atoms with Gasteiger partial charge in [0.2, 0.25) is 0 Å². The molecule has 0 aliphatic heterocycles. The van der Waals surface area contributed by atoms with Crippen molar-refractivity contribution in [2.75, 3.05) is 0 Å². The highest BCUT2D eigenvalue weighted by Gasteiger charge is 2.32. The van der Waals surface area contributed by atoms with Crippen LogP contribution in [-0.2, 0) is 0 Å². The summed E-state index contributed by atoms with van der Waals surface area (Å²) in [6.07, 6.45) is 5.77. The van der Waals surface area contributed by atoms with Gasteiger partial charge in [-0.1, -0.05) is 23.7 Å². The molecule has 0 saturated heterocycles. The zero-order valence-electron chi connectivity index (χ0n) is 10.1. The van der Waals surface area contributed by atoms with Crippen LogP contribution in [0, 0.1) is 3.57 Å². The molecule has 0 unspecified atom stereocenters. The molecule has 1 fully saturated rings. The second kappa shape index (κ2) is 5.63. The minimum absolute atomic E-state index is 0.223. The van der Waals surface area contributed by atoms with E-state index in [9.17, 15) is 0 Å². The Labute approximate surface area is 130 Å². The lowest BCUT2D eigenvalue weighted by atomic mass is 9.77. The smallest absolute Gasteiger partial charge is 0.316 e. The fourth-order valence-electron chi connectivity index (χ4n) is 2.18.